The number of rotatable bonds is 5. The van der Waals surface area contributed by atoms with E-state index in [2.05, 4.69) is 32.5 Å². The van der Waals surface area contributed by atoms with Crippen LogP contribution in [0.25, 0.3) is 0 Å². The Labute approximate surface area is 138 Å². The van der Waals surface area contributed by atoms with Crippen LogP contribution in [0.1, 0.15) is 11.3 Å². The Bertz CT molecular complexity index is 605. The molecule has 0 aromatic carbocycles. The van der Waals surface area contributed by atoms with E-state index in [9.17, 15) is 0 Å². The van der Waals surface area contributed by atoms with Gasteiger partial charge < -0.3 is 15.2 Å². The van der Waals surface area contributed by atoms with Crippen LogP contribution in [-0.4, -0.2) is 24.1 Å². The van der Waals surface area contributed by atoms with Crippen molar-refractivity contribution < 1.29 is 0 Å². The topological polar surface area (TPSA) is 41.4 Å². The van der Waals surface area contributed by atoms with Crippen LogP contribution in [0.15, 0.2) is 27.9 Å². The van der Waals surface area contributed by atoms with Crippen molar-refractivity contribution in [2.24, 2.45) is 12.0 Å². The molecule has 0 aliphatic rings. The standard InChI is InChI=1S/C14H18Cl2N4S/c1-17-14(18-5-3-10-4-6-21-9-10)19-8-11-7-12(15)13(16)20(11)2/h4,6-7,9H,3,5,8H2,1-2H3,(H2,17,18,19). The van der Waals surface area contributed by atoms with E-state index in [1.807, 2.05) is 17.7 Å². The minimum atomic E-state index is 0.550. The van der Waals surface area contributed by atoms with E-state index in [0.29, 0.717) is 16.7 Å². The fourth-order valence-corrected chi connectivity index (χ4v) is 3.03. The van der Waals surface area contributed by atoms with Gasteiger partial charge in [-0.3, -0.25) is 4.99 Å². The number of thiophene rings is 1. The molecular weight excluding hydrogens is 327 g/mol. The number of aliphatic imine (C=N–C) groups is 1. The van der Waals surface area contributed by atoms with Gasteiger partial charge in [-0.15, -0.1) is 0 Å². The second-order valence-electron chi connectivity index (χ2n) is 4.57. The highest BCUT2D eigenvalue weighted by molar-refractivity contribution is 7.07. The lowest BCUT2D eigenvalue weighted by Crippen LogP contribution is -2.38. The highest BCUT2D eigenvalue weighted by Gasteiger charge is 2.09. The summed E-state index contributed by atoms with van der Waals surface area (Å²) in [7, 11) is 3.64. The normalized spacial score (nSPS) is 11.7. The number of nitrogens with zero attached hydrogens (tertiary/aromatic N) is 2. The van der Waals surface area contributed by atoms with Gasteiger partial charge in [-0.05, 0) is 34.9 Å². The van der Waals surface area contributed by atoms with E-state index >= 15 is 0 Å². The zero-order chi connectivity index (χ0) is 15.2. The number of nitrogens with one attached hydrogen (secondary N) is 2. The van der Waals surface area contributed by atoms with Gasteiger partial charge in [0.15, 0.2) is 5.96 Å². The predicted molar refractivity (Wildman–Crippen MR) is 91.7 cm³/mol. The van der Waals surface area contributed by atoms with Gasteiger partial charge in [0.2, 0.25) is 0 Å². The smallest absolute Gasteiger partial charge is 0.191 e. The van der Waals surface area contributed by atoms with Gasteiger partial charge in [-0.25, -0.2) is 0 Å². The zero-order valence-corrected chi connectivity index (χ0v) is 14.3. The molecule has 2 heterocycles. The third-order valence-corrected chi connectivity index (χ3v) is 4.74. The molecule has 0 amide bonds. The van der Waals surface area contributed by atoms with Gasteiger partial charge >= 0.3 is 0 Å². The first kappa shape index (κ1) is 16.2. The summed E-state index contributed by atoms with van der Waals surface area (Å²) in [6.07, 6.45) is 0.978. The number of guanidine groups is 1. The van der Waals surface area contributed by atoms with E-state index < -0.39 is 0 Å². The number of hydrogen-bond acceptors (Lipinski definition) is 2. The molecule has 0 radical (unpaired) electrons. The molecule has 2 aromatic rings. The molecule has 0 aliphatic heterocycles. The summed E-state index contributed by atoms with van der Waals surface area (Å²) in [4.78, 5) is 4.20. The average Bonchev–Trinajstić information content (AvgIpc) is 3.07. The fourth-order valence-electron chi connectivity index (χ4n) is 1.91. The molecule has 0 bridgehead atoms. The van der Waals surface area contributed by atoms with Gasteiger partial charge in [0.25, 0.3) is 0 Å². The van der Waals surface area contributed by atoms with Crippen molar-refractivity contribution in [3.63, 3.8) is 0 Å². The summed E-state index contributed by atoms with van der Waals surface area (Å²) in [5.74, 6) is 0.763. The van der Waals surface area contributed by atoms with Crippen molar-refractivity contribution >= 4 is 40.5 Å². The first-order valence-electron chi connectivity index (χ1n) is 6.57. The molecule has 4 nitrogen and oxygen atoms in total. The number of halogens is 2. The maximum absolute atomic E-state index is 6.05. The molecule has 0 saturated heterocycles. The van der Waals surface area contributed by atoms with Crippen molar-refractivity contribution in [1.82, 2.24) is 15.2 Å². The van der Waals surface area contributed by atoms with E-state index in [4.69, 9.17) is 23.2 Å². The van der Waals surface area contributed by atoms with E-state index in [0.717, 1.165) is 24.6 Å². The highest BCUT2D eigenvalue weighted by atomic mass is 35.5. The summed E-state index contributed by atoms with van der Waals surface area (Å²) in [6, 6.07) is 3.99. The van der Waals surface area contributed by atoms with Crippen LogP contribution >= 0.6 is 34.5 Å². The maximum atomic E-state index is 6.05. The second-order valence-corrected chi connectivity index (χ2v) is 6.11. The fraction of sp³-hybridized carbons (Fsp3) is 0.357. The molecule has 2 N–H and O–H groups in total. The minimum absolute atomic E-state index is 0.550. The SMILES string of the molecule is CN=C(NCCc1ccsc1)NCc1cc(Cl)c(Cl)n1C. The van der Waals surface area contributed by atoms with Crippen molar-refractivity contribution in [2.45, 2.75) is 13.0 Å². The summed E-state index contributed by atoms with van der Waals surface area (Å²) in [5, 5.41) is 11.9. The van der Waals surface area contributed by atoms with Crippen LogP contribution < -0.4 is 10.6 Å². The zero-order valence-electron chi connectivity index (χ0n) is 12.0. The van der Waals surface area contributed by atoms with Gasteiger partial charge in [0.1, 0.15) is 5.15 Å². The largest absolute Gasteiger partial charge is 0.356 e. The van der Waals surface area contributed by atoms with Crippen molar-refractivity contribution in [3.8, 4) is 0 Å². The molecule has 0 unspecified atom stereocenters. The minimum Gasteiger partial charge on any atom is -0.356 e. The summed E-state index contributed by atoms with van der Waals surface area (Å²) < 4.78 is 1.86. The van der Waals surface area contributed by atoms with Crippen LogP contribution in [0.4, 0.5) is 0 Å². The van der Waals surface area contributed by atoms with Crippen LogP contribution in [0.3, 0.4) is 0 Å². The molecule has 21 heavy (non-hydrogen) atoms. The summed E-state index contributed by atoms with van der Waals surface area (Å²) in [6.45, 7) is 1.45. The Morgan fingerprint density at radius 3 is 2.76 bits per heavy atom. The summed E-state index contributed by atoms with van der Waals surface area (Å²) in [5.41, 5.74) is 2.34. The van der Waals surface area contributed by atoms with Crippen LogP contribution in [0.5, 0.6) is 0 Å². The molecule has 0 spiro atoms. The Morgan fingerprint density at radius 1 is 1.38 bits per heavy atom. The van der Waals surface area contributed by atoms with Crippen LogP contribution in [0, 0.1) is 0 Å². The van der Waals surface area contributed by atoms with E-state index in [1.54, 1.807) is 18.4 Å². The van der Waals surface area contributed by atoms with E-state index in [1.165, 1.54) is 5.56 Å². The van der Waals surface area contributed by atoms with Gasteiger partial charge in [-0.2, -0.15) is 11.3 Å². The molecule has 114 valence electrons. The molecule has 0 aliphatic carbocycles. The van der Waals surface area contributed by atoms with Crippen LogP contribution in [-0.2, 0) is 20.0 Å². The molecule has 2 aromatic heterocycles. The summed E-state index contributed by atoms with van der Waals surface area (Å²) >= 11 is 13.8. The first-order chi connectivity index (χ1) is 10.1. The third kappa shape index (κ3) is 4.40. The number of aromatic nitrogens is 1. The predicted octanol–water partition coefficient (Wildman–Crippen LogP) is 3.30. The quantitative estimate of drug-likeness (QED) is 0.645. The van der Waals surface area contributed by atoms with Crippen molar-refractivity contribution in [2.75, 3.05) is 13.6 Å². The molecule has 0 saturated carbocycles. The molecule has 2 rings (SSSR count). The highest BCUT2D eigenvalue weighted by Crippen LogP contribution is 2.24. The molecule has 0 atom stereocenters. The lowest BCUT2D eigenvalue weighted by Gasteiger charge is -2.12. The molecule has 0 fully saturated rings. The van der Waals surface area contributed by atoms with Gasteiger partial charge in [-0.1, -0.05) is 23.2 Å². The Kier molecular flexibility index (Phi) is 5.96. The first-order valence-corrected chi connectivity index (χ1v) is 8.27. The monoisotopic (exact) mass is 344 g/mol. The Balaban J connectivity index is 1.81. The third-order valence-electron chi connectivity index (χ3n) is 3.16. The lowest BCUT2D eigenvalue weighted by atomic mass is 10.2. The molecule has 7 heteroatoms. The van der Waals surface area contributed by atoms with Crippen molar-refractivity contribution in [3.05, 3.63) is 44.3 Å². The van der Waals surface area contributed by atoms with Gasteiger partial charge in [0.05, 0.1) is 11.6 Å². The maximum Gasteiger partial charge on any atom is 0.191 e. The Hall–Kier alpha value is -1.17. The van der Waals surface area contributed by atoms with Gasteiger partial charge in [0, 0.05) is 26.3 Å². The molecular formula is C14H18Cl2N4S. The van der Waals surface area contributed by atoms with Crippen LogP contribution in [0.2, 0.25) is 10.2 Å². The average molecular weight is 345 g/mol. The van der Waals surface area contributed by atoms with E-state index in [-0.39, 0.29) is 0 Å². The number of hydrogen-bond donors (Lipinski definition) is 2. The lowest BCUT2D eigenvalue weighted by molar-refractivity contribution is 0.747. The second kappa shape index (κ2) is 7.73. The Morgan fingerprint density at radius 2 is 2.19 bits per heavy atom. The van der Waals surface area contributed by atoms with Crippen molar-refractivity contribution in [1.29, 1.82) is 0 Å².